The van der Waals surface area contributed by atoms with Crippen molar-refractivity contribution in [1.82, 2.24) is 5.01 Å². The minimum atomic E-state index is -0.427. The van der Waals surface area contributed by atoms with Crippen molar-refractivity contribution in [2.24, 2.45) is 17.1 Å². The van der Waals surface area contributed by atoms with Crippen LogP contribution in [0.15, 0.2) is 53.8 Å². The Balaban J connectivity index is 2.04. The molecular weight excluding hydrogens is 344 g/mol. The van der Waals surface area contributed by atoms with Gasteiger partial charge in [-0.15, -0.1) is 4.91 Å². The number of Topliss-reactive ketones (excluding diaryl/α,β-unsaturated/α-hetero) is 1. The molecule has 0 aliphatic carbocycles. The summed E-state index contributed by atoms with van der Waals surface area (Å²) in [5, 5.41) is 4.88. The highest BCUT2D eigenvalue weighted by Gasteiger charge is 2.46. The van der Waals surface area contributed by atoms with E-state index in [-0.39, 0.29) is 17.6 Å². The molecule has 1 saturated heterocycles. The van der Waals surface area contributed by atoms with Crippen molar-refractivity contribution in [3.63, 3.8) is 0 Å². The van der Waals surface area contributed by atoms with Crippen LogP contribution >= 0.6 is 0 Å². The second kappa shape index (κ2) is 7.78. The van der Waals surface area contributed by atoms with Crippen LogP contribution in [-0.4, -0.2) is 25.0 Å². The van der Waals surface area contributed by atoms with Crippen molar-refractivity contribution < 1.29 is 14.3 Å². The molecule has 1 heterocycles. The number of ether oxygens (including phenoxy) is 2. The van der Waals surface area contributed by atoms with E-state index < -0.39 is 12.1 Å². The van der Waals surface area contributed by atoms with Crippen LogP contribution < -0.4 is 9.47 Å². The highest BCUT2D eigenvalue weighted by molar-refractivity contribution is 5.85. The number of benzene rings is 2. The first-order valence-electron chi connectivity index (χ1n) is 8.95. The number of carbonyl (C=O) groups excluding carboxylic acids is 1. The standard InChI is InChI=1S/C21H24N2O4/c1-13-19(15-5-9-17(26-3)10-6-15)23(22-25)20(14(2)21(13)24)16-7-11-18(27-4)12-8-16/h5-14,19-20H,1-4H3/t13-,14-,19-,20+/m1/s1. The molecule has 1 aliphatic rings. The third-order valence-corrected chi connectivity index (χ3v) is 5.42. The molecule has 2 aromatic carbocycles. The number of ketones is 1. The van der Waals surface area contributed by atoms with Crippen LogP contribution in [0, 0.1) is 16.7 Å². The summed E-state index contributed by atoms with van der Waals surface area (Å²) in [4.78, 5) is 24.9. The monoisotopic (exact) mass is 368 g/mol. The van der Waals surface area contributed by atoms with E-state index in [0.717, 1.165) is 22.6 Å². The first-order valence-corrected chi connectivity index (χ1v) is 8.95. The van der Waals surface area contributed by atoms with Gasteiger partial charge in [-0.25, -0.2) is 5.01 Å². The van der Waals surface area contributed by atoms with Crippen molar-refractivity contribution >= 4 is 5.78 Å². The Hall–Kier alpha value is -2.89. The lowest BCUT2D eigenvalue weighted by atomic mass is 9.75. The lowest BCUT2D eigenvalue weighted by Crippen LogP contribution is -2.46. The molecule has 4 atom stereocenters. The van der Waals surface area contributed by atoms with E-state index in [9.17, 15) is 9.70 Å². The van der Waals surface area contributed by atoms with Crippen LogP contribution in [-0.2, 0) is 4.79 Å². The topological polar surface area (TPSA) is 68.2 Å². The fraction of sp³-hybridized carbons (Fsp3) is 0.381. The predicted octanol–water partition coefficient (Wildman–Crippen LogP) is 4.32. The quantitative estimate of drug-likeness (QED) is 0.735. The van der Waals surface area contributed by atoms with Crippen molar-refractivity contribution in [2.45, 2.75) is 25.9 Å². The van der Waals surface area contributed by atoms with Crippen molar-refractivity contribution in [3.8, 4) is 11.5 Å². The molecule has 6 heteroatoms. The molecule has 3 rings (SSSR count). The Morgan fingerprint density at radius 3 is 1.44 bits per heavy atom. The zero-order valence-corrected chi connectivity index (χ0v) is 16.0. The SMILES string of the molecule is COc1ccc([C@@H]2[C@@H](C)C(=O)[C@H](C)[C@H](c3ccc(OC)cc3)N2N=O)cc1. The lowest BCUT2D eigenvalue weighted by Gasteiger charge is -2.44. The van der Waals surface area contributed by atoms with E-state index >= 15 is 0 Å². The molecule has 0 aromatic heterocycles. The second-order valence-corrected chi connectivity index (χ2v) is 6.88. The summed E-state index contributed by atoms with van der Waals surface area (Å²) in [7, 11) is 3.20. The largest absolute Gasteiger partial charge is 0.497 e. The molecule has 0 spiro atoms. The van der Waals surface area contributed by atoms with Gasteiger partial charge in [0.05, 0.1) is 31.6 Å². The maximum absolute atomic E-state index is 13.0. The molecule has 0 amide bonds. The van der Waals surface area contributed by atoms with Crippen LogP contribution in [0.2, 0.25) is 0 Å². The zero-order valence-electron chi connectivity index (χ0n) is 16.0. The van der Waals surface area contributed by atoms with Crippen LogP contribution in [0.3, 0.4) is 0 Å². The molecule has 0 N–H and O–H groups in total. The fourth-order valence-electron chi connectivity index (χ4n) is 3.94. The van der Waals surface area contributed by atoms with E-state index in [4.69, 9.17) is 9.47 Å². The maximum atomic E-state index is 13.0. The van der Waals surface area contributed by atoms with Gasteiger partial charge < -0.3 is 9.47 Å². The summed E-state index contributed by atoms with van der Waals surface area (Å²) in [5.41, 5.74) is 1.73. The smallest absolute Gasteiger partial charge is 0.143 e. The number of hydrogen-bond acceptors (Lipinski definition) is 5. The summed E-state index contributed by atoms with van der Waals surface area (Å²) in [6.45, 7) is 3.71. The highest BCUT2D eigenvalue weighted by Crippen LogP contribution is 2.46. The lowest BCUT2D eigenvalue weighted by molar-refractivity contribution is -0.138. The molecular formula is C21H24N2O4. The van der Waals surface area contributed by atoms with Gasteiger partial charge in [0.1, 0.15) is 17.3 Å². The van der Waals surface area contributed by atoms with Gasteiger partial charge in [-0.1, -0.05) is 38.1 Å². The van der Waals surface area contributed by atoms with Crippen LogP contribution in [0.1, 0.15) is 37.1 Å². The summed E-state index contributed by atoms with van der Waals surface area (Å²) in [6.07, 6.45) is 0. The van der Waals surface area contributed by atoms with Crippen molar-refractivity contribution in [1.29, 1.82) is 0 Å². The molecule has 0 unspecified atom stereocenters. The van der Waals surface area contributed by atoms with E-state index in [1.54, 1.807) is 14.2 Å². The zero-order chi connectivity index (χ0) is 19.6. The number of hydrogen-bond donors (Lipinski definition) is 0. The predicted molar refractivity (Wildman–Crippen MR) is 102 cm³/mol. The van der Waals surface area contributed by atoms with Gasteiger partial charge in [-0.2, -0.15) is 0 Å². The Labute approximate surface area is 159 Å². The number of methoxy groups -OCH3 is 2. The van der Waals surface area contributed by atoms with E-state index in [1.165, 1.54) is 5.01 Å². The molecule has 142 valence electrons. The van der Waals surface area contributed by atoms with Gasteiger partial charge in [0.25, 0.3) is 0 Å². The van der Waals surface area contributed by atoms with Gasteiger partial charge in [0.15, 0.2) is 0 Å². The maximum Gasteiger partial charge on any atom is 0.143 e. The molecule has 6 nitrogen and oxygen atoms in total. The second-order valence-electron chi connectivity index (χ2n) is 6.88. The first-order chi connectivity index (χ1) is 13.0. The van der Waals surface area contributed by atoms with Gasteiger partial charge in [0.2, 0.25) is 0 Å². The third kappa shape index (κ3) is 3.39. The van der Waals surface area contributed by atoms with Crippen LogP contribution in [0.5, 0.6) is 11.5 Å². The Morgan fingerprint density at radius 2 is 1.15 bits per heavy atom. The summed E-state index contributed by atoms with van der Waals surface area (Å²) >= 11 is 0. The number of nitrogens with zero attached hydrogens (tertiary/aromatic N) is 2. The number of carbonyl (C=O) groups is 1. The Kier molecular flexibility index (Phi) is 5.44. The minimum absolute atomic E-state index is 0.122. The van der Waals surface area contributed by atoms with Gasteiger partial charge in [0, 0.05) is 11.8 Å². The summed E-state index contributed by atoms with van der Waals surface area (Å²) in [6, 6.07) is 14.0. The average Bonchev–Trinajstić information content (AvgIpc) is 2.72. The van der Waals surface area contributed by atoms with E-state index in [2.05, 4.69) is 5.29 Å². The minimum Gasteiger partial charge on any atom is -0.497 e. The molecule has 1 aliphatic heterocycles. The first kappa shape index (κ1) is 18.9. The Morgan fingerprint density at radius 1 is 0.778 bits per heavy atom. The normalized spacial score (nSPS) is 25.2. The van der Waals surface area contributed by atoms with Crippen LogP contribution in [0.25, 0.3) is 0 Å². The summed E-state index contributed by atoms with van der Waals surface area (Å²) in [5.74, 6) is 0.871. The van der Waals surface area contributed by atoms with E-state index in [0.29, 0.717) is 0 Å². The molecule has 0 bridgehead atoms. The highest BCUT2D eigenvalue weighted by atomic mass is 16.5. The fourth-order valence-corrected chi connectivity index (χ4v) is 3.94. The van der Waals surface area contributed by atoms with Crippen molar-refractivity contribution in [3.05, 3.63) is 64.6 Å². The van der Waals surface area contributed by atoms with Gasteiger partial charge in [-0.05, 0) is 35.4 Å². The van der Waals surface area contributed by atoms with Gasteiger partial charge in [-0.3, -0.25) is 4.79 Å². The number of piperidine rings is 1. The summed E-state index contributed by atoms with van der Waals surface area (Å²) < 4.78 is 10.4. The van der Waals surface area contributed by atoms with Gasteiger partial charge >= 0.3 is 0 Å². The van der Waals surface area contributed by atoms with E-state index in [1.807, 2.05) is 62.4 Å². The number of nitroso groups, excluding NO2 is 1. The van der Waals surface area contributed by atoms with Crippen molar-refractivity contribution in [2.75, 3.05) is 14.2 Å². The average molecular weight is 368 g/mol. The molecule has 0 radical (unpaired) electrons. The molecule has 2 aromatic rings. The third-order valence-electron chi connectivity index (χ3n) is 5.42. The molecule has 1 fully saturated rings. The van der Waals surface area contributed by atoms with Crippen LogP contribution in [0.4, 0.5) is 0 Å². The molecule has 27 heavy (non-hydrogen) atoms. The molecule has 0 saturated carbocycles. The number of rotatable bonds is 5. The Bertz CT molecular complexity index is 740.